The molecule has 0 saturated carbocycles. The first-order valence-corrected chi connectivity index (χ1v) is 7.91. The molecule has 25 heavy (non-hydrogen) atoms. The Balaban J connectivity index is 2.14. The highest BCUT2D eigenvalue weighted by Gasteiger charge is 2.16. The summed E-state index contributed by atoms with van der Waals surface area (Å²) in [7, 11) is 1.41. The maximum absolute atomic E-state index is 12.4. The van der Waals surface area contributed by atoms with Gasteiger partial charge in [-0.05, 0) is 24.6 Å². The van der Waals surface area contributed by atoms with Crippen LogP contribution in [0.4, 0.5) is 0 Å². The first kappa shape index (κ1) is 18.6. The molecule has 0 atom stereocenters. The molecule has 0 heterocycles. The summed E-state index contributed by atoms with van der Waals surface area (Å²) in [6.07, 6.45) is 0. The van der Waals surface area contributed by atoms with Crippen molar-refractivity contribution in [3.8, 4) is 11.5 Å². The summed E-state index contributed by atoms with van der Waals surface area (Å²) in [6, 6.07) is 10.8. The third-order valence-corrected chi connectivity index (χ3v) is 3.67. The number of carbonyl (C=O) groups is 2. The molecule has 0 aliphatic rings. The Morgan fingerprint density at radius 2 is 2.00 bits per heavy atom. The van der Waals surface area contributed by atoms with E-state index in [4.69, 9.17) is 26.8 Å². The van der Waals surface area contributed by atoms with Gasteiger partial charge in [0.25, 0.3) is 11.8 Å². The van der Waals surface area contributed by atoms with Gasteiger partial charge in [-0.25, -0.2) is 0 Å². The molecule has 0 aromatic heterocycles. The van der Waals surface area contributed by atoms with Crippen LogP contribution in [0.2, 0.25) is 5.02 Å². The predicted octanol–water partition coefficient (Wildman–Crippen LogP) is 2.45. The third kappa shape index (κ3) is 5.12. The van der Waals surface area contributed by atoms with Gasteiger partial charge in [-0.3, -0.25) is 9.59 Å². The zero-order valence-electron chi connectivity index (χ0n) is 14.0. The van der Waals surface area contributed by atoms with Crippen LogP contribution in [-0.2, 0) is 11.3 Å². The number of hydrogen-bond acceptors (Lipinski definition) is 4. The van der Waals surface area contributed by atoms with E-state index in [0.29, 0.717) is 12.1 Å². The molecule has 132 valence electrons. The van der Waals surface area contributed by atoms with Crippen LogP contribution in [0.1, 0.15) is 21.5 Å². The average molecular weight is 363 g/mol. The highest BCUT2D eigenvalue weighted by Crippen LogP contribution is 2.36. The number of nitrogens with two attached hydrogens (primary N) is 1. The van der Waals surface area contributed by atoms with Gasteiger partial charge in [0.05, 0.1) is 12.1 Å². The van der Waals surface area contributed by atoms with Gasteiger partial charge in [0.15, 0.2) is 18.1 Å². The number of ether oxygens (including phenoxy) is 2. The SMILES string of the molecule is COc1cc(C(=O)NCc2cccc(C)c2)cc(Cl)c1OCC(N)=O. The first-order valence-electron chi connectivity index (χ1n) is 7.53. The van der Waals surface area contributed by atoms with Crippen molar-refractivity contribution in [3.63, 3.8) is 0 Å². The Kier molecular flexibility index (Phi) is 6.25. The molecule has 2 amide bonds. The van der Waals surface area contributed by atoms with E-state index in [9.17, 15) is 9.59 Å². The van der Waals surface area contributed by atoms with Gasteiger partial charge >= 0.3 is 0 Å². The van der Waals surface area contributed by atoms with E-state index in [-0.39, 0.29) is 29.0 Å². The van der Waals surface area contributed by atoms with Crippen molar-refractivity contribution in [1.82, 2.24) is 5.32 Å². The molecule has 6 nitrogen and oxygen atoms in total. The largest absolute Gasteiger partial charge is 0.493 e. The number of benzene rings is 2. The fourth-order valence-electron chi connectivity index (χ4n) is 2.24. The Bertz CT molecular complexity index is 793. The molecule has 2 rings (SSSR count). The van der Waals surface area contributed by atoms with Crippen molar-refractivity contribution in [2.45, 2.75) is 13.5 Å². The zero-order chi connectivity index (χ0) is 18.4. The summed E-state index contributed by atoms with van der Waals surface area (Å²) in [4.78, 5) is 23.2. The van der Waals surface area contributed by atoms with Crippen LogP contribution in [0, 0.1) is 6.92 Å². The molecule has 0 aliphatic carbocycles. The lowest BCUT2D eigenvalue weighted by Gasteiger charge is -2.13. The van der Waals surface area contributed by atoms with Gasteiger partial charge in [-0.1, -0.05) is 41.4 Å². The summed E-state index contributed by atoms with van der Waals surface area (Å²) in [5.41, 5.74) is 7.49. The smallest absolute Gasteiger partial charge is 0.255 e. The maximum Gasteiger partial charge on any atom is 0.255 e. The second-order valence-electron chi connectivity index (χ2n) is 5.42. The minimum absolute atomic E-state index is 0.154. The van der Waals surface area contributed by atoms with E-state index in [1.54, 1.807) is 0 Å². The molecular weight excluding hydrogens is 344 g/mol. The van der Waals surface area contributed by atoms with E-state index < -0.39 is 5.91 Å². The van der Waals surface area contributed by atoms with Crippen molar-refractivity contribution < 1.29 is 19.1 Å². The number of methoxy groups -OCH3 is 1. The Morgan fingerprint density at radius 3 is 2.64 bits per heavy atom. The quantitative estimate of drug-likeness (QED) is 0.791. The Labute approximate surface area is 150 Å². The molecule has 0 fully saturated rings. The highest BCUT2D eigenvalue weighted by atomic mass is 35.5. The van der Waals surface area contributed by atoms with E-state index in [1.807, 2.05) is 31.2 Å². The van der Waals surface area contributed by atoms with Crippen LogP contribution in [0.5, 0.6) is 11.5 Å². The number of primary amides is 1. The molecular formula is C18H19ClN2O4. The van der Waals surface area contributed by atoms with Crippen LogP contribution >= 0.6 is 11.6 Å². The second kappa shape index (κ2) is 8.39. The monoisotopic (exact) mass is 362 g/mol. The molecule has 0 aliphatic heterocycles. The minimum atomic E-state index is -0.641. The van der Waals surface area contributed by atoms with Crippen molar-refractivity contribution >= 4 is 23.4 Å². The first-order chi connectivity index (χ1) is 11.9. The van der Waals surface area contributed by atoms with Gasteiger partial charge in [0, 0.05) is 12.1 Å². The summed E-state index contributed by atoms with van der Waals surface area (Å²) in [5.74, 6) is -0.533. The molecule has 0 saturated heterocycles. The number of carbonyl (C=O) groups excluding carboxylic acids is 2. The molecule has 2 aromatic carbocycles. The topological polar surface area (TPSA) is 90.7 Å². The van der Waals surface area contributed by atoms with Gasteiger partial charge in [0.1, 0.15) is 0 Å². The van der Waals surface area contributed by atoms with Crippen molar-refractivity contribution in [1.29, 1.82) is 0 Å². The van der Waals surface area contributed by atoms with Crippen molar-refractivity contribution in [2.24, 2.45) is 5.73 Å². The van der Waals surface area contributed by atoms with Crippen LogP contribution in [-0.4, -0.2) is 25.5 Å². The second-order valence-corrected chi connectivity index (χ2v) is 5.82. The van der Waals surface area contributed by atoms with Gasteiger partial charge in [-0.15, -0.1) is 0 Å². The molecule has 0 bridgehead atoms. The maximum atomic E-state index is 12.4. The Morgan fingerprint density at radius 1 is 1.24 bits per heavy atom. The fourth-order valence-corrected chi connectivity index (χ4v) is 2.51. The number of halogens is 1. The lowest BCUT2D eigenvalue weighted by Crippen LogP contribution is -2.23. The molecule has 7 heteroatoms. The number of nitrogens with one attached hydrogen (secondary N) is 1. The molecule has 0 radical (unpaired) electrons. The normalized spacial score (nSPS) is 10.2. The van der Waals surface area contributed by atoms with Gasteiger partial charge < -0.3 is 20.5 Å². The number of hydrogen-bond donors (Lipinski definition) is 2. The molecule has 0 spiro atoms. The summed E-state index contributed by atoms with van der Waals surface area (Å²) in [5, 5.41) is 2.98. The standard InChI is InChI=1S/C18H19ClN2O4/c1-11-4-3-5-12(6-11)9-21-18(23)13-7-14(19)17(15(8-13)24-2)25-10-16(20)22/h3-8H,9-10H2,1-2H3,(H2,20,22)(H,21,23). The minimum Gasteiger partial charge on any atom is -0.493 e. The number of amides is 2. The van der Waals surface area contributed by atoms with E-state index in [2.05, 4.69) is 5.32 Å². The fraction of sp³-hybridized carbons (Fsp3) is 0.222. The third-order valence-electron chi connectivity index (χ3n) is 3.39. The molecule has 3 N–H and O–H groups in total. The van der Waals surface area contributed by atoms with Gasteiger partial charge in [0.2, 0.25) is 0 Å². The average Bonchev–Trinajstić information content (AvgIpc) is 2.57. The predicted molar refractivity (Wildman–Crippen MR) is 95.0 cm³/mol. The molecule has 2 aromatic rings. The van der Waals surface area contributed by atoms with Gasteiger partial charge in [-0.2, -0.15) is 0 Å². The number of rotatable bonds is 7. The van der Waals surface area contributed by atoms with Crippen LogP contribution < -0.4 is 20.5 Å². The van der Waals surface area contributed by atoms with Crippen LogP contribution in [0.25, 0.3) is 0 Å². The van der Waals surface area contributed by atoms with Crippen LogP contribution in [0.3, 0.4) is 0 Å². The number of aryl methyl sites for hydroxylation is 1. The van der Waals surface area contributed by atoms with Crippen molar-refractivity contribution in [2.75, 3.05) is 13.7 Å². The lowest BCUT2D eigenvalue weighted by molar-refractivity contribution is -0.119. The highest BCUT2D eigenvalue weighted by molar-refractivity contribution is 6.32. The van der Waals surface area contributed by atoms with Crippen molar-refractivity contribution in [3.05, 3.63) is 58.1 Å². The summed E-state index contributed by atoms with van der Waals surface area (Å²) >= 11 is 6.14. The summed E-state index contributed by atoms with van der Waals surface area (Å²) < 4.78 is 10.4. The Hall–Kier alpha value is -2.73. The van der Waals surface area contributed by atoms with Crippen LogP contribution in [0.15, 0.2) is 36.4 Å². The van der Waals surface area contributed by atoms with E-state index in [0.717, 1.165) is 11.1 Å². The lowest BCUT2D eigenvalue weighted by atomic mass is 10.1. The summed E-state index contributed by atoms with van der Waals surface area (Å²) in [6.45, 7) is 2.04. The zero-order valence-corrected chi connectivity index (χ0v) is 14.7. The van der Waals surface area contributed by atoms with E-state index in [1.165, 1.54) is 19.2 Å². The molecule has 0 unspecified atom stereocenters. The van der Waals surface area contributed by atoms with E-state index >= 15 is 0 Å².